The number of carboxylic acid groups (broad SMARTS) is 1. The molecule has 2 heterocycles. The number of hydrogen-bond acceptors (Lipinski definition) is 7. The second kappa shape index (κ2) is 10.7. The summed E-state index contributed by atoms with van der Waals surface area (Å²) in [4.78, 5) is 22.9. The van der Waals surface area contributed by atoms with Gasteiger partial charge in [-0.15, -0.1) is 11.1 Å². The smallest absolute Gasteiger partial charge is 0.350 e. The van der Waals surface area contributed by atoms with E-state index in [-0.39, 0.29) is 10.8 Å². The van der Waals surface area contributed by atoms with Gasteiger partial charge in [0.15, 0.2) is 0 Å². The Morgan fingerprint density at radius 3 is 2.07 bits per heavy atom. The molecule has 0 aliphatic heterocycles. The van der Waals surface area contributed by atoms with E-state index in [0.29, 0.717) is 21.7 Å². The van der Waals surface area contributed by atoms with Crippen LogP contribution in [0.15, 0.2) is 6.20 Å². The van der Waals surface area contributed by atoms with E-state index in [2.05, 4.69) is 75.7 Å². The van der Waals surface area contributed by atoms with Gasteiger partial charge in [0.2, 0.25) is 0 Å². The fraction of sp³-hybridized carbons (Fsp3) is 0.400. The minimum atomic E-state index is -1.47. The number of carboxylic acids is 1. The highest BCUT2D eigenvalue weighted by molar-refractivity contribution is 7.08. The number of ether oxygens (including phenoxy) is 1. The maximum atomic E-state index is 11.3. The summed E-state index contributed by atoms with van der Waals surface area (Å²) in [5.74, 6) is 4.66. The molecule has 0 aliphatic carbocycles. The second-order valence-electron chi connectivity index (χ2n) is 8.34. The molecule has 0 unspecified atom stereocenters. The molecule has 30 heavy (non-hydrogen) atoms. The predicted molar refractivity (Wildman–Crippen MR) is 128 cm³/mol. The molecule has 2 rings (SSSR count). The first-order valence-corrected chi connectivity index (χ1v) is 17.6. The Balaban J connectivity index is 0.000000300. The first kappa shape index (κ1) is 25.8. The zero-order valence-corrected chi connectivity index (χ0v) is 22.1. The number of rotatable bonds is 2. The Morgan fingerprint density at radius 1 is 1.00 bits per heavy atom. The van der Waals surface area contributed by atoms with Crippen LogP contribution in [-0.4, -0.2) is 49.0 Å². The fourth-order valence-electron chi connectivity index (χ4n) is 1.74. The Morgan fingerprint density at radius 2 is 1.57 bits per heavy atom. The van der Waals surface area contributed by atoms with Crippen LogP contribution in [0.5, 0.6) is 0 Å². The molecule has 1 N–H and O–H groups in total. The van der Waals surface area contributed by atoms with E-state index in [1.54, 1.807) is 13.1 Å². The Bertz CT molecular complexity index is 1040. The van der Waals surface area contributed by atoms with Crippen molar-refractivity contribution in [1.82, 2.24) is 8.75 Å². The average Bonchev–Trinajstić information content (AvgIpc) is 3.23. The maximum Gasteiger partial charge on any atom is 0.350 e. The maximum absolute atomic E-state index is 11.3. The number of nitrogens with zero attached hydrogens (tertiary/aromatic N) is 2. The van der Waals surface area contributed by atoms with E-state index in [9.17, 15) is 9.59 Å². The monoisotopic (exact) mass is 478 g/mol. The van der Waals surface area contributed by atoms with Crippen molar-refractivity contribution in [3.8, 4) is 22.9 Å². The lowest BCUT2D eigenvalue weighted by Gasteiger charge is -2.03. The third-order valence-electron chi connectivity index (χ3n) is 3.13. The zero-order chi connectivity index (χ0) is 23.1. The van der Waals surface area contributed by atoms with E-state index in [1.807, 2.05) is 0 Å². The van der Waals surface area contributed by atoms with Crippen molar-refractivity contribution in [1.29, 1.82) is 0 Å². The minimum absolute atomic E-state index is 0.248. The lowest BCUT2D eigenvalue weighted by atomic mass is 10.2. The highest BCUT2D eigenvalue weighted by atomic mass is 32.1. The van der Waals surface area contributed by atoms with Crippen LogP contribution in [-0.2, 0) is 4.74 Å². The van der Waals surface area contributed by atoms with Gasteiger partial charge in [-0.05, 0) is 30.0 Å². The topological polar surface area (TPSA) is 89.4 Å². The molecule has 0 aromatic carbocycles. The number of methoxy groups -OCH3 is 1. The van der Waals surface area contributed by atoms with Crippen LogP contribution in [0.4, 0.5) is 0 Å². The van der Waals surface area contributed by atoms with E-state index in [0.717, 1.165) is 23.1 Å². The van der Waals surface area contributed by atoms with Gasteiger partial charge < -0.3 is 9.84 Å². The van der Waals surface area contributed by atoms with Crippen molar-refractivity contribution in [2.75, 3.05) is 7.11 Å². The molecule has 10 heteroatoms. The summed E-state index contributed by atoms with van der Waals surface area (Å²) in [6.07, 6.45) is 1.62. The largest absolute Gasteiger partial charge is 0.477 e. The molecule has 0 spiro atoms. The summed E-state index contributed by atoms with van der Waals surface area (Å²) in [6.45, 7) is 14.6. The van der Waals surface area contributed by atoms with Crippen LogP contribution >= 0.6 is 23.1 Å². The molecular weight excluding hydrogens is 453 g/mol. The van der Waals surface area contributed by atoms with Crippen LogP contribution in [0.1, 0.15) is 36.2 Å². The van der Waals surface area contributed by atoms with Gasteiger partial charge in [0.05, 0.1) is 30.1 Å². The normalized spacial score (nSPS) is 10.5. The second-order valence-corrected chi connectivity index (χ2v) is 19.4. The SMILES string of the molecule is COC(=O)c1sncc1C#C[Si](C)(C)C.Cc1nsc(C(=O)O)c1C#C[Si](C)(C)C. The van der Waals surface area contributed by atoms with Gasteiger partial charge in [0.25, 0.3) is 0 Å². The highest BCUT2D eigenvalue weighted by Gasteiger charge is 2.16. The van der Waals surface area contributed by atoms with Gasteiger partial charge in [-0.1, -0.05) is 51.1 Å². The third-order valence-corrected chi connectivity index (χ3v) is 6.59. The molecule has 160 valence electrons. The van der Waals surface area contributed by atoms with E-state index in [1.165, 1.54) is 7.11 Å². The number of esters is 1. The molecule has 0 saturated heterocycles. The molecule has 0 atom stereocenters. The van der Waals surface area contributed by atoms with E-state index < -0.39 is 22.1 Å². The number of aryl methyl sites for hydroxylation is 1. The Labute approximate surface area is 188 Å². The summed E-state index contributed by atoms with van der Waals surface area (Å²) < 4.78 is 12.6. The summed E-state index contributed by atoms with van der Waals surface area (Å²) in [6, 6.07) is 0. The summed E-state index contributed by atoms with van der Waals surface area (Å²) >= 11 is 2.12. The lowest BCUT2D eigenvalue weighted by Crippen LogP contribution is -2.16. The van der Waals surface area contributed by atoms with Gasteiger partial charge in [-0.25, -0.2) is 9.59 Å². The molecule has 0 radical (unpaired) electrons. The van der Waals surface area contributed by atoms with E-state index in [4.69, 9.17) is 5.11 Å². The van der Waals surface area contributed by atoms with Crippen LogP contribution in [0.3, 0.4) is 0 Å². The predicted octanol–water partition coefficient (Wildman–Crippen LogP) is 4.54. The van der Waals surface area contributed by atoms with E-state index >= 15 is 0 Å². The van der Waals surface area contributed by atoms with Crippen molar-refractivity contribution >= 4 is 51.2 Å². The number of aromatic nitrogens is 2. The Kier molecular flexibility index (Phi) is 9.18. The zero-order valence-electron chi connectivity index (χ0n) is 18.5. The molecule has 2 aromatic heterocycles. The van der Waals surface area contributed by atoms with Crippen molar-refractivity contribution in [3.63, 3.8) is 0 Å². The summed E-state index contributed by atoms with van der Waals surface area (Å²) in [5, 5.41) is 8.92. The average molecular weight is 479 g/mol. The molecule has 0 bridgehead atoms. The lowest BCUT2D eigenvalue weighted by molar-refractivity contribution is 0.0605. The van der Waals surface area contributed by atoms with Crippen LogP contribution in [0.2, 0.25) is 39.3 Å². The van der Waals surface area contributed by atoms with Crippen LogP contribution in [0.25, 0.3) is 0 Å². The fourth-order valence-corrected chi connectivity index (χ4v) is 4.06. The van der Waals surface area contributed by atoms with Crippen molar-refractivity contribution in [3.05, 3.63) is 32.8 Å². The number of aromatic carboxylic acids is 1. The number of carbonyl (C=O) groups is 2. The summed E-state index contributed by atoms with van der Waals surface area (Å²) in [7, 11) is -1.53. The van der Waals surface area contributed by atoms with Gasteiger partial charge >= 0.3 is 11.9 Å². The van der Waals surface area contributed by atoms with Crippen LogP contribution in [0, 0.1) is 29.9 Å². The number of hydrogen-bond donors (Lipinski definition) is 1. The Hall–Kier alpha value is -2.25. The van der Waals surface area contributed by atoms with Crippen LogP contribution < -0.4 is 0 Å². The standard InChI is InChI=1S/2C10H13NO2SSi/c1-13-10(12)9-8(7-11-14-9)5-6-15(2,3)4;1-7-8(5-6-15(2,3)4)9(10(12)13)14-11-7/h7H,1-4H3;1-4H3,(H,12,13). The summed E-state index contributed by atoms with van der Waals surface area (Å²) in [5.41, 5.74) is 8.31. The molecule has 0 aliphatic rings. The van der Waals surface area contributed by atoms with Gasteiger partial charge in [0, 0.05) is 0 Å². The van der Waals surface area contributed by atoms with Gasteiger partial charge in [-0.2, -0.15) is 8.75 Å². The molecular formula is C20H26N2O4S2Si2. The van der Waals surface area contributed by atoms with Crippen molar-refractivity contribution < 1.29 is 19.4 Å². The first-order chi connectivity index (χ1) is 13.7. The highest BCUT2D eigenvalue weighted by Crippen LogP contribution is 2.17. The van der Waals surface area contributed by atoms with Gasteiger partial charge in [-0.3, -0.25) is 0 Å². The minimum Gasteiger partial charge on any atom is -0.477 e. The molecule has 6 nitrogen and oxygen atoms in total. The first-order valence-electron chi connectivity index (χ1n) is 9.04. The number of carbonyl (C=O) groups excluding carboxylic acids is 1. The van der Waals surface area contributed by atoms with Gasteiger partial charge in [0.1, 0.15) is 25.9 Å². The van der Waals surface area contributed by atoms with Crippen molar-refractivity contribution in [2.45, 2.75) is 46.2 Å². The molecule has 0 amide bonds. The third kappa shape index (κ3) is 8.63. The quantitative estimate of drug-likeness (QED) is 0.387. The molecule has 0 fully saturated rings. The van der Waals surface area contributed by atoms with Crippen molar-refractivity contribution in [2.24, 2.45) is 0 Å². The molecule has 2 aromatic rings. The molecule has 0 saturated carbocycles.